The number of halogens is 3. The van der Waals surface area contributed by atoms with Crippen molar-refractivity contribution >= 4 is 18.3 Å². The molecule has 0 aromatic heterocycles. The average Bonchev–Trinajstić information content (AvgIpc) is 2.54. The van der Waals surface area contributed by atoms with E-state index in [1.807, 2.05) is 37.3 Å². The van der Waals surface area contributed by atoms with Gasteiger partial charge in [-0.3, -0.25) is 4.79 Å². The van der Waals surface area contributed by atoms with Crippen LogP contribution in [0, 0.1) is 11.6 Å². The first-order valence-corrected chi connectivity index (χ1v) is 7.56. The molecule has 0 heterocycles. The van der Waals surface area contributed by atoms with Gasteiger partial charge in [0.1, 0.15) is 11.6 Å². The molecule has 3 nitrogen and oxygen atoms in total. The Hall–Kier alpha value is -1.98. The zero-order valence-electron chi connectivity index (χ0n) is 13.3. The van der Waals surface area contributed by atoms with Gasteiger partial charge in [0.15, 0.2) is 0 Å². The van der Waals surface area contributed by atoms with Gasteiger partial charge in [-0.25, -0.2) is 8.78 Å². The standard InChI is InChI=1S/C18H20F2N2O.ClH/c1-2-17(14-9-8-13(19)10-15(14)20)22-18(23)11-16(21)12-6-4-3-5-7-12;/h3-10,16-17H,2,11,21H2,1H3,(H,22,23);1H. The number of hydrogen-bond acceptors (Lipinski definition) is 2. The van der Waals surface area contributed by atoms with E-state index in [4.69, 9.17) is 5.73 Å². The summed E-state index contributed by atoms with van der Waals surface area (Å²) in [7, 11) is 0. The van der Waals surface area contributed by atoms with Gasteiger partial charge >= 0.3 is 0 Å². The van der Waals surface area contributed by atoms with Crippen LogP contribution in [-0.4, -0.2) is 5.91 Å². The first-order valence-electron chi connectivity index (χ1n) is 7.56. The molecule has 130 valence electrons. The molecule has 2 aromatic carbocycles. The van der Waals surface area contributed by atoms with E-state index in [0.717, 1.165) is 11.6 Å². The van der Waals surface area contributed by atoms with E-state index in [9.17, 15) is 13.6 Å². The highest BCUT2D eigenvalue weighted by Gasteiger charge is 2.19. The van der Waals surface area contributed by atoms with E-state index in [2.05, 4.69) is 5.32 Å². The molecule has 0 aliphatic carbocycles. The predicted molar refractivity (Wildman–Crippen MR) is 92.8 cm³/mol. The summed E-state index contributed by atoms with van der Waals surface area (Å²) < 4.78 is 26.8. The fourth-order valence-corrected chi connectivity index (χ4v) is 2.45. The Morgan fingerprint density at radius 1 is 1.17 bits per heavy atom. The van der Waals surface area contributed by atoms with Crippen LogP contribution in [0.15, 0.2) is 48.5 Å². The maximum Gasteiger partial charge on any atom is 0.222 e. The van der Waals surface area contributed by atoms with Gasteiger partial charge in [0.2, 0.25) is 5.91 Å². The Labute approximate surface area is 146 Å². The van der Waals surface area contributed by atoms with Crippen LogP contribution in [0.25, 0.3) is 0 Å². The largest absolute Gasteiger partial charge is 0.349 e. The molecule has 0 aliphatic rings. The highest BCUT2D eigenvalue weighted by Crippen LogP contribution is 2.22. The van der Waals surface area contributed by atoms with E-state index < -0.39 is 23.7 Å². The molecule has 2 rings (SSSR count). The monoisotopic (exact) mass is 354 g/mol. The van der Waals surface area contributed by atoms with Crippen molar-refractivity contribution in [3.63, 3.8) is 0 Å². The van der Waals surface area contributed by atoms with E-state index in [1.54, 1.807) is 0 Å². The summed E-state index contributed by atoms with van der Waals surface area (Å²) in [5, 5.41) is 2.76. The number of nitrogens with one attached hydrogen (secondary N) is 1. The Morgan fingerprint density at radius 2 is 1.83 bits per heavy atom. The molecule has 2 atom stereocenters. The summed E-state index contributed by atoms with van der Waals surface area (Å²) in [4.78, 5) is 12.2. The zero-order chi connectivity index (χ0) is 16.8. The van der Waals surface area contributed by atoms with Gasteiger partial charge in [0.05, 0.1) is 6.04 Å². The van der Waals surface area contributed by atoms with Crippen LogP contribution < -0.4 is 11.1 Å². The third-order valence-electron chi connectivity index (χ3n) is 3.71. The number of carbonyl (C=O) groups excluding carboxylic acids is 1. The highest BCUT2D eigenvalue weighted by molar-refractivity contribution is 5.85. The van der Waals surface area contributed by atoms with E-state index in [1.165, 1.54) is 12.1 Å². The summed E-state index contributed by atoms with van der Waals surface area (Å²) in [6.45, 7) is 1.82. The van der Waals surface area contributed by atoms with E-state index in [0.29, 0.717) is 6.42 Å². The molecule has 2 aromatic rings. The smallest absolute Gasteiger partial charge is 0.222 e. The topological polar surface area (TPSA) is 55.1 Å². The fourth-order valence-electron chi connectivity index (χ4n) is 2.45. The first kappa shape index (κ1) is 20.1. The lowest BCUT2D eigenvalue weighted by atomic mass is 10.0. The molecule has 0 aliphatic heterocycles. The summed E-state index contributed by atoms with van der Waals surface area (Å²) in [5.74, 6) is -1.57. The van der Waals surface area contributed by atoms with Crippen LogP contribution in [0.2, 0.25) is 0 Å². The first-order chi connectivity index (χ1) is 11.0. The minimum Gasteiger partial charge on any atom is -0.349 e. The van der Waals surface area contributed by atoms with Gasteiger partial charge in [-0.05, 0) is 18.1 Å². The molecule has 2 unspecified atom stereocenters. The van der Waals surface area contributed by atoms with Crippen LogP contribution in [0.5, 0.6) is 0 Å². The van der Waals surface area contributed by atoms with Crippen LogP contribution in [0.3, 0.4) is 0 Å². The van der Waals surface area contributed by atoms with Crippen LogP contribution in [0.1, 0.15) is 43.0 Å². The summed E-state index contributed by atoms with van der Waals surface area (Å²) in [5.41, 5.74) is 7.16. The molecule has 0 radical (unpaired) electrons. The van der Waals surface area contributed by atoms with Crippen molar-refractivity contribution in [1.29, 1.82) is 0 Å². The van der Waals surface area contributed by atoms with Crippen molar-refractivity contribution in [2.45, 2.75) is 31.8 Å². The molecule has 0 saturated heterocycles. The van der Waals surface area contributed by atoms with Crippen molar-refractivity contribution in [1.82, 2.24) is 5.32 Å². The second-order valence-electron chi connectivity index (χ2n) is 5.42. The van der Waals surface area contributed by atoms with Crippen molar-refractivity contribution < 1.29 is 13.6 Å². The summed E-state index contributed by atoms with van der Waals surface area (Å²) in [6.07, 6.45) is 0.595. The van der Waals surface area contributed by atoms with Gasteiger partial charge in [0.25, 0.3) is 0 Å². The normalized spacial score (nSPS) is 12.8. The number of nitrogens with two attached hydrogens (primary N) is 1. The van der Waals surface area contributed by atoms with Gasteiger partial charge in [-0.1, -0.05) is 43.3 Å². The molecular formula is C18H21ClF2N2O. The van der Waals surface area contributed by atoms with Gasteiger partial charge < -0.3 is 11.1 Å². The van der Waals surface area contributed by atoms with Gasteiger partial charge in [-0.15, -0.1) is 12.4 Å². The van der Waals surface area contributed by atoms with Gasteiger partial charge in [-0.2, -0.15) is 0 Å². The number of amides is 1. The van der Waals surface area contributed by atoms with Crippen LogP contribution >= 0.6 is 12.4 Å². The second-order valence-corrected chi connectivity index (χ2v) is 5.42. The number of carbonyl (C=O) groups is 1. The molecule has 0 spiro atoms. The lowest BCUT2D eigenvalue weighted by molar-refractivity contribution is -0.122. The number of benzene rings is 2. The lowest BCUT2D eigenvalue weighted by Crippen LogP contribution is -2.31. The summed E-state index contributed by atoms with van der Waals surface area (Å²) in [6, 6.07) is 11.7. The maximum atomic E-state index is 13.8. The van der Waals surface area contributed by atoms with Crippen LogP contribution in [-0.2, 0) is 4.79 Å². The molecule has 0 fully saturated rings. The zero-order valence-corrected chi connectivity index (χ0v) is 14.2. The Bertz CT molecular complexity index is 667. The predicted octanol–water partition coefficient (Wildman–Crippen LogP) is 4.04. The summed E-state index contributed by atoms with van der Waals surface area (Å²) >= 11 is 0. The molecule has 0 saturated carbocycles. The van der Waals surface area contributed by atoms with Crippen molar-refractivity contribution in [2.75, 3.05) is 0 Å². The molecule has 24 heavy (non-hydrogen) atoms. The third-order valence-corrected chi connectivity index (χ3v) is 3.71. The molecule has 0 bridgehead atoms. The molecule has 3 N–H and O–H groups in total. The number of hydrogen-bond donors (Lipinski definition) is 2. The lowest BCUT2D eigenvalue weighted by Gasteiger charge is -2.20. The maximum absolute atomic E-state index is 13.8. The molecular weight excluding hydrogens is 334 g/mol. The Kier molecular flexibility index (Phi) is 7.82. The number of rotatable bonds is 6. The quantitative estimate of drug-likeness (QED) is 0.822. The highest BCUT2D eigenvalue weighted by atomic mass is 35.5. The van der Waals surface area contributed by atoms with Crippen molar-refractivity contribution in [3.05, 3.63) is 71.3 Å². The van der Waals surface area contributed by atoms with Crippen molar-refractivity contribution in [3.8, 4) is 0 Å². The minimum absolute atomic E-state index is 0. The fraction of sp³-hybridized carbons (Fsp3) is 0.278. The SMILES string of the molecule is CCC(NC(=O)CC(N)c1ccccc1)c1ccc(F)cc1F.Cl. The average molecular weight is 355 g/mol. The Morgan fingerprint density at radius 3 is 2.42 bits per heavy atom. The minimum atomic E-state index is -0.662. The van der Waals surface area contributed by atoms with Gasteiger partial charge in [0, 0.05) is 24.1 Å². The molecule has 6 heteroatoms. The van der Waals surface area contributed by atoms with E-state index in [-0.39, 0.29) is 30.3 Å². The molecule has 1 amide bonds. The van der Waals surface area contributed by atoms with E-state index >= 15 is 0 Å². The van der Waals surface area contributed by atoms with Crippen molar-refractivity contribution in [2.24, 2.45) is 5.73 Å². The second kappa shape index (κ2) is 9.35. The third kappa shape index (κ3) is 5.28. The van der Waals surface area contributed by atoms with Crippen LogP contribution in [0.4, 0.5) is 8.78 Å². The Balaban J connectivity index is 0.00000288.